The molecule has 24 heavy (non-hydrogen) atoms. The van der Waals surface area contributed by atoms with Crippen LogP contribution in [0.3, 0.4) is 0 Å². The van der Waals surface area contributed by atoms with Crippen LogP contribution < -0.4 is 4.31 Å². The van der Waals surface area contributed by atoms with Crippen molar-refractivity contribution in [1.82, 2.24) is 20.2 Å². The fourth-order valence-corrected chi connectivity index (χ4v) is 2.95. The van der Waals surface area contributed by atoms with Crippen LogP contribution in [0.15, 0.2) is 59.8 Å². The monoisotopic (exact) mass is 340 g/mol. The SMILES string of the molecule is CN(c1ccccc1)S(=O)(=O)c1nnn(-c2ccc(C#N)cc2)n1. The molecule has 3 aromatic rings. The maximum absolute atomic E-state index is 12.6. The molecule has 120 valence electrons. The van der Waals surface area contributed by atoms with Crippen LogP contribution in [-0.2, 0) is 10.0 Å². The molecule has 0 saturated heterocycles. The second-order valence-electron chi connectivity index (χ2n) is 4.83. The first-order valence-corrected chi connectivity index (χ1v) is 8.31. The third kappa shape index (κ3) is 2.82. The van der Waals surface area contributed by atoms with E-state index in [-0.39, 0.29) is 0 Å². The standard InChI is InChI=1S/C15H12N6O2S/c1-20(13-5-3-2-4-6-13)24(22,23)15-17-19-21(18-15)14-9-7-12(11-16)8-10-14/h2-10H,1H3. The summed E-state index contributed by atoms with van der Waals surface area (Å²) in [5.41, 5.74) is 1.48. The first kappa shape index (κ1) is 15.6. The number of nitriles is 1. The van der Waals surface area contributed by atoms with E-state index < -0.39 is 15.2 Å². The Hall–Kier alpha value is -3.25. The van der Waals surface area contributed by atoms with E-state index in [1.165, 1.54) is 7.05 Å². The summed E-state index contributed by atoms with van der Waals surface area (Å²) >= 11 is 0. The van der Waals surface area contributed by atoms with E-state index in [0.717, 1.165) is 9.10 Å². The number of rotatable bonds is 4. The van der Waals surface area contributed by atoms with Gasteiger partial charge in [-0.3, -0.25) is 4.31 Å². The molecular weight excluding hydrogens is 328 g/mol. The number of hydrogen-bond acceptors (Lipinski definition) is 6. The maximum Gasteiger partial charge on any atom is 0.309 e. The van der Waals surface area contributed by atoms with Gasteiger partial charge in [0.15, 0.2) is 0 Å². The van der Waals surface area contributed by atoms with Gasteiger partial charge in [0, 0.05) is 7.05 Å². The number of benzene rings is 2. The minimum atomic E-state index is -3.92. The van der Waals surface area contributed by atoms with E-state index in [1.54, 1.807) is 54.6 Å². The molecule has 0 amide bonds. The highest BCUT2D eigenvalue weighted by atomic mass is 32.2. The number of hydrogen-bond donors (Lipinski definition) is 0. The molecule has 0 unspecified atom stereocenters. The zero-order chi connectivity index (χ0) is 17.2. The molecule has 0 saturated carbocycles. The molecule has 0 radical (unpaired) electrons. The largest absolute Gasteiger partial charge is 0.309 e. The number of tetrazole rings is 1. The van der Waals surface area contributed by atoms with Crippen molar-refractivity contribution in [2.45, 2.75) is 5.16 Å². The van der Waals surface area contributed by atoms with Gasteiger partial charge in [-0.05, 0) is 41.6 Å². The molecule has 2 aromatic carbocycles. The first-order chi connectivity index (χ1) is 11.5. The molecular formula is C15H12N6O2S. The van der Waals surface area contributed by atoms with Gasteiger partial charge in [0.1, 0.15) is 0 Å². The predicted octanol–water partition coefficient (Wildman–Crippen LogP) is 1.36. The molecule has 0 aliphatic heterocycles. The van der Waals surface area contributed by atoms with Crippen LogP contribution in [-0.4, -0.2) is 35.7 Å². The van der Waals surface area contributed by atoms with Crippen LogP contribution in [0.2, 0.25) is 0 Å². The fourth-order valence-electron chi connectivity index (χ4n) is 1.98. The van der Waals surface area contributed by atoms with Crippen molar-refractivity contribution in [1.29, 1.82) is 5.26 Å². The first-order valence-electron chi connectivity index (χ1n) is 6.87. The normalized spacial score (nSPS) is 11.0. The van der Waals surface area contributed by atoms with Crippen LogP contribution in [0.5, 0.6) is 0 Å². The lowest BCUT2D eigenvalue weighted by molar-refractivity contribution is 0.584. The molecule has 0 spiro atoms. The van der Waals surface area contributed by atoms with Crippen molar-refractivity contribution in [2.24, 2.45) is 0 Å². The van der Waals surface area contributed by atoms with Gasteiger partial charge in [-0.25, -0.2) is 0 Å². The number of anilines is 1. The summed E-state index contributed by atoms with van der Waals surface area (Å²) in [4.78, 5) is 1.10. The zero-order valence-corrected chi connectivity index (χ0v) is 13.4. The van der Waals surface area contributed by atoms with E-state index >= 15 is 0 Å². The lowest BCUT2D eigenvalue weighted by Gasteiger charge is -2.16. The molecule has 3 rings (SSSR count). The van der Waals surface area contributed by atoms with Gasteiger partial charge in [-0.15, -0.1) is 9.90 Å². The lowest BCUT2D eigenvalue weighted by Crippen LogP contribution is -2.27. The average Bonchev–Trinajstić information content (AvgIpc) is 3.13. The number of nitrogens with zero attached hydrogens (tertiary/aromatic N) is 6. The lowest BCUT2D eigenvalue weighted by atomic mass is 10.2. The molecule has 0 aliphatic carbocycles. The topological polar surface area (TPSA) is 105 Å². The summed E-state index contributed by atoms with van der Waals surface area (Å²) in [7, 11) is -2.49. The Morgan fingerprint density at radius 3 is 2.38 bits per heavy atom. The van der Waals surface area contributed by atoms with Crippen molar-refractivity contribution in [3.63, 3.8) is 0 Å². The Morgan fingerprint density at radius 1 is 1.08 bits per heavy atom. The van der Waals surface area contributed by atoms with E-state index in [9.17, 15) is 8.42 Å². The minimum absolute atomic E-state index is 0.404. The third-order valence-electron chi connectivity index (χ3n) is 3.33. The average molecular weight is 340 g/mol. The van der Waals surface area contributed by atoms with Crippen molar-refractivity contribution in [3.8, 4) is 11.8 Å². The highest BCUT2D eigenvalue weighted by Crippen LogP contribution is 2.19. The van der Waals surface area contributed by atoms with Gasteiger partial charge >= 0.3 is 15.2 Å². The summed E-state index contributed by atoms with van der Waals surface area (Å²) in [6.45, 7) is 0. The molecule has 8 nitrogen and oxygen atoms in total. The van der Waals surface area contributed by atoms with Crippen LogP contribution >= 0.6 is 0 Å². The van der Waals surface area contributed by atoms with Gasteiger partial charge in [0.05, 0.1) is 23.0 Å². The van der Waals surface area contributed by atoms with Crippen molar-refractivity contribution < 1.29 is 8.42 Å². The van der Waals surface area contributed by atoms with E-state index in [4.69, 9.17) is 5.26 Å². The smallest absolute Gasteiger partial charge is 0.267 e. The van der Waals surface area contributed by atoms with Crippen molar-refractivity contribution in [3.05, 3.63) is 60.2 Å². The second kappa shape index (κ2) is 6.10. The number of sulfonamides is 1. The van der Waals surface area contributed by atoms with E-state index in [2.05, 4.69) is 15.4 Å². The molecule has 0 atom stereocenters. The van der Waals surface area contributed by atoms with Crippen LogP contribution in [0.4, 0.5) is 5.69 Å². The van der Waals surface area contributed by atoms with Gasteiger partial charge in [-0.2, -0.15) is 13.7 Å². The van der Waals surface area contributed by atoms with Crippen molar-refractivity contribution in [2.75, 3.05) is 11.4 Å². The third-order valence-corrected chi connectivity index (χ3v) is 4.89. The summed E-state index contributed by atoms with van der Waals surface area (Å²) in [5.74, 6) is 0. The molecule has 1 aromatic heterocycles. The van der Waals surface area contributed by atoms with Gasteiger partial charge in [-0.1, -0.05) is 23.3 Å². The van der Waals surface area contributed by atoms with Crippen LogP contribution in [0.1, 0.15) is 5.56 Å². The maximum atomic E-state index is 12.6. The summed E-state index contributed by atoms with van der Waals surface area (Å²) in [6.07, 6.45) is 0. The quantitative estimate of drug-likeness (QED) is 0.710. The molecule has 0 aliphatic rings. The van der Waals surface area contributed by atoms with Crippen LogP contribution in [0, 0.1) is 11.3 Å². The highest BCUT2D eigenvalue weighted by molar-refractivity contribution is 7.92. The Morgan fingerprint density at radius 2 is 1.75 bits per heavy atom. The molecule has 0 N–H and O–H groups in total. The predicted molar refractivity (Wildman–Crippen MR) is 85.9 cm³/mol. The zero-order valence-electron chi connectivity index (χ0n) is 12.6. The number of para-hydroxylation sites is 1. The Balaban J connectivity index is 1.93. The Kier molecular flexibility index (Phi) is 3.97. The number of aromatic nitrogens is 4. The molecule has 0 fully saturated rings. The molecule has 1 heterocycles. The van der Waals surface area contributed by atoms with Gasteiger partial charge < -0.3 is 0 Å². The van der Waals surface area contributed by atoms with Crippen LogP contribution in [0.25, 0.3) is 5.69 Å². The van der Waals surface area contributed by atoms with Gasteiger partial charge in [0.25, 0.3) is 0 Å². The highest BCUT2D eigenvalue weighted by Gasteiger charge is 2.27. The van der Waals surface area contributed by atoms with Crippen molar-refractivity contribution >= 4 is 15.7 Å². The fraction of sp³-hybridized carbons (Fsp3) is 0.0667. The minimum Gasteiger partial charge on any atom is -0.267 e. The Bertz CT molecular complexity index is 990. The summed E-state index contributed by atoms with van der Waals surface area (Å²) in [5, 5.41) is 19.7. The van der Waals surface area contributed by atoms with Gasteiger partial charge in [0.2, 0.25) is 0 Å². The van der Waals surface area contributed by atoms with E-state index in [1.807, 2.05) is 6.07 Å². The second-order valence-corrected chi connectivity index (χ2v) is 6.69. The summed E-state index contributed by atoms with van der Waals surface area (Å²) in [6, 6.07) is 17.0. The molecule has 9 heteroatoms. The summed E-state index contributed by atoms with van der Waals surface area (Å²) < 4.78 is 26.3. The van der Waals surface area contributed by atoms with E-state index in [0.29, 0.717) is 16.9 Å². The Labute approximate surface area is 138 Å². The molecule has 0 bridgehead atoms.